The SMILES string of the molecule is c1cn2cc(-c3ccc4c(c3)OCCN4)nc(Nc3ccc(N4CCCCC4)nc3)c2n1. The highest BCUT2D eigenvalue weighted by Gasteiger charge is 2.15. The molecule has 5 heterocycles. The van der Waals surface area contributed by atoms with Gasteiger partial charge in [-0.2, -0.15) is 0 Å². The monoisotopic (exact) mass is 427 g/mol. The fraction of sp³-hybridized carbons (Fsp3) is 0.292. The van der Waals surface area contributed by atoms with Gasteiger partial charge in [-0.05, 0) is 43.5 Å². The summed E-state index contributed by atoms with van der Waals surface area (Å²) < 4.78 is 7.79. The molecule has 4 aromatic rings. The molecule has 2 aliphatic rings. The number of rotatable bonds is 4. The first kappa shape index (κ1) is 18.9. The van der Waals surface area contributed by atoms with Crippen LogP contribution in [0.5, 0.6) is 5.75 Å². The molecule has 0 radical (unpaired) electrons. The fourth-order valence-electron chi connectivity index (χ4n) is 4.36. The van der Waals surface area contributed by atoms with E-state index in [-0.39, 0.29) is 0 Å². The van der Waals surface area contributed by atoms with Crippen molar-refractivity contribution in [3.8, 4) is 17.0 Å². The van der Waals surface area contributed by atoms with Gasteiger partial charge in [0.15, 0.2) is 11.5 Å². The Balaban J connectivity index is 1.31. The molecule has 3 aromatic heterocycles. The van der Waals surface area contributed by atoms with Crippen LogP contribution < -0.4 is 20.3 Å². The number of piperidine rings is 1. The van der Waals surface area contributed by atoms with Gasteiger partial charge in [0, 0.05) is 43.8 Å². The van der Waals surface area contributed by atoms with E-state index in [1.807, 2.05) is 35.1 Å². The summed E-state index contributed by atoms with van der Waals surface area (Å²) in [7, 11) is 0. The second-order valence-corrected chi connectivity index (χ2v) is 8.20. The van der Waals surface area contributed by atoms with Gasteiger partial charge in [-0.3, -0.25) is 0 Å². The molecule has 6 rings (SSSR count). The van der Waals surface area contributed by atoms with E-state index >= 15 is 0 Å². The average molecular weight is 428 g/mol. The van der Waals surface area contributed by atoms with Crippen LogP contribution in [0.1, 0.15) is 19.3 Å². The summed E-state index contributed by atoms with van der Waals surface area (Å²) in [5, 5.41) is 6.77. The number of hydrogen-bond donors (Lipinski definition) is 2. The highest BCUT2D eigenvalue weighted by atomic mass is 16.5. The Morgan fingerprint density at radius 3 is 2.84 bits per heavy atom. The minimum absolute atomic E-state index is 0.664. The van der Waals surface area contributed by atoms with Crippen molar-refractivity contribution in [2.75, 3.05) is 41.8 Å². The molecule has 162 valence electrons. The molecule has 2 N–H and O–H groups in total. The van der Waals surface area contributed by atoms with Gasteiger partial charge in [0.1, 0.15) is 18.2 Å². The van der Waals surface area contributed by atoms with Crippen LogP contribution in [0.4, 0.5) is 23.0 Å². The van der Waals surface area contributed by atoms with Crippen molar-refractivity contribution in [2.24, 2.45) is 0 Å². The van der Waals surface area contributed by atoms with Crippen molar-refractivity contribution in [1.29, 1.82) is 0 Å². The molecule has 0 amide bonds. The van der Waals surface area contributed by atoms with Crippen molar-refractivity contribution in [3.05, 3.63) is 55.1 Å². The van der Waals surface area contributed by atoms with Gasteiger partial charge in [-0.25, -0.2) is 15.0 Å². The van der Waals surface area contributed by atoms with Crippen molar-refractivity contribution in [1.82, 2.24) is 19.4 Å². The third-order valence-corrected chi connectivity index (χ3v) is 6.02. The predicted molar refractivity (Wildman–Crippen MR) is 126 cm³/mol. The summed E-state index contributed by atoms with van der Waals surface area (Å²) >= 11 is 0. The first-order valence-electron chi connectivity index (χ1n) is 11.2. The summed E-state index contributed by atoms with van der Waals surface area (Å²) in [6.45, 7) is 3.65. The van der Waals surface area contributed by atoms with Crippen LogP contribution in [0.2, 0.25) is 0 Å². The molecule has 1 aromatic carbocycles. The van der Waals surface area contributed by atoms with E-state index in [9.17, 15) is 0 Å². The van der Waals surface area contributed by atoms with Crippen LogP contribution in [0.25, 0.3) is 16.9 Å². The number of imidazole rings is 1. The molecule has 8 nitrogen and oxygen atoms in total. The number of nitrogens with zero attached hydrogens (tertiary/aromatic N) is 5. The van der Waals surface area contributed by atoms with Crippen molar-refractivity contribution < 1.29 is 4.74 Å². The number of anilines is 4. The third kappa shape index (κ3) is 3.57. The van der Waals surface area contributed by atoms with Gasteiger partial charge in [0.25, 0.3) is 0 Å². The standard InChI is InChI=1S/C24H25N7O/c1-2-10-30(11-3-1)22-7-5-18(15-27-22)28-23-24-26-8-12-31(24)16-20(29-23)17-4-6-19-21(14-17)32-13-9-25-19/h4-8,12,14-16,25H,1-3,9-11,13H2,(H,28,29). The second-order valence-electron chi connectivity index (χ2n) is 8.20. The maximum atomic E-state index is 5.81. The quantitative estimate of drug-likeness (QED) is 0.502. The molecule has 2 aliphatic heterocycles. The lowest BCUT2D eigenvalue weighted by molar-refractivity contribution is 0.323. The lowest BCUT2D eigenvalue weighted by atomic mass is 10.1. The summed E-state index contributed by atoms with van der Waals surface area (Å²) in [6.07, 6.45) is 11.4. The van der Waals surface area contributed by atoms with E-state index < -0.39 is 0 Å². The maximum absolute atomic E-state index is 5.81. The van der Waals surface area contributed by atoms with Crippen LogP contribution >= 0.6 is 0 Å². The van der Waals surface area contributed by atoms with Crippen molar-refractivity contribution in [2.45, 2.75) is 19.3 Å². The van der Waals surface area contributed by atoms with Crippen molar-refractivity contribution in [3.63, 3.8) is 0 Å². The van der Waals surface area contributed by atoms with Gasteiger partial charge in [0.2, 0.25) is 0 Å². The normalized spacial score (nSPS) is 15.7. The summed E-state index contributed by atoms with van der Waals surface area (Å²) in [5.74, 6) is 2.58. The van der Waals surface area contributed by atoms with E-state index in [0.29, 0.717) is 12.4 Å². The lowest BCUT2D eigenvalue weighted by Crippen LogP contribution is -2.29. The Labute approximate surface area is 186 Å². The number of nitrogens with one attached hydrogen (secondary N) is 2. The van der Waals surface area contributed by atoms with Gasteiger partial charge < -0.3 is 24.7 Å². The number of hydrogen-bond acceptors (Lipinski definition) is 7. The maximum Gasteiger partial charge on any atom is 0.180 e. The molecule has 1 saturated heterocycles. The molecule has 0 spiro atoms. The second kappa shape index (κ2) is 8.03. The van der Waals surface area contributed by atoms with E-state index in [1.165, 1.54) is 19.3 Å². The molecule has 0 atom stereocenters. The van der Waals surface area contributed by atoms with Gasteiger partial charge in [-0.1, -0.05) is 6.07 Å². The van der Waals surface area contributed by atoms with E-state index in [4.69, 9.17) is 9.72 Å². The number of benzene rings is 1. The number of pyridine rings is 1. The number of ether oxygens (including phenoxy) is 1. The van der Waals surface area contributed by atoms with Gasteiger partial charge >= 0.3 is 0 Å². The molecule has 32 heavy (non-hydrogen) atoms. The average Bonchev–Trinajstić information content (AvgIpc) is 3.34. The van der Waals surface area contributed by atoms with Crippen LogP contribution in [-0.4, -0.2) is 45.6 Å². The molecule has 0 unspecified atom stereocenters. The van der Waals surface area contributed by atoms with Crippen LogP contribution in [0.3, 0.4) is 0 Å². The topological polar surface area (TPSA) is 79.6 Å². The Hall–Kier alpha value is -3.81. The number of fused-ring (bicyclic) bond motifs is 2. The van der Waals surface area contributed by atoms with Crippen LogP contribution in [0, 0.1) is 0 Å². The first-order chi connectivity index (χ1) is 15.8. The fourth-order valence-corrected chi connectivity index (χ4v) is 4.36. The zero-order chi connectivity index (χ0) is 21.3. The molecular weight excluding hydrogens is 402 g/mol. The van der Waals surface area contributed by atoms with Crippen molar-refractivity contribution >= 4 is 28.7 Å². The molecule has 0 aliphatic carbocycles. The zero-order valence-electron chi connectivity index (χ0n) is 17.8. The zero-order valence-corrected chi connectivity index (χ0v) is 17.8. The summed E-state index contributed by atoms with van der Waals surface area (Å²) in [4.78, 5) is 16.4. The van der Waals surface area contributed by atoms with E-state index in [1.54, 1.807) is 6.20 Å². The number of aromatic nitrogens is 4. The highest BCUT2D eigenvalue weighted by molar-refractivity contribution is 5.75. The first-order valence-corrected chi connectivity index (χ1v) is 11.2. The summed E-state index contributed by atoms with van der Waals surface area (Å²) in [6, 6.07) is 10.3. The lowest BCUT2D eigenvalue weighted by Gasteiger charge is -2.27. The minimum atomic E-state index is 0.664. The Morgan fingerprint density at radius 2 is 1.97 bits per heavy atom. The highest BCUT2D eigenvalue weighted by Crippen LogP contribution is 2.33. The predicted octanol–water partition coefficient (Wildman–Crippen LogP) is 4.33. The minimum Gasteiger partial charge on any atom is -0.490 e. The molecule has 8 heteroatoms. The van der Waals surface area contributed by atoms with Crippen LogP contribution in [0.15, 0.2) is 55.1 Å². The van der Waals surface area contributed by atoms with Gasteiger partial charge in [0.05, 0.1) is 23.3 Å². The molecule has 0 saturated carbocycles. The molecule has 1 fully saturated rings. The Kier molecular flexibility index (Phi) is 4.75. The van der Waals surface area contributed by atoms with E-state index in [0.717, 1.165) is 59.5 Å². The molecular formula is C24H25N7O. The summed E-state index contributed by atoms with van der Waals surface area (Å²) in [5.41, 5.74) is 4.50. The van der Waals surface area contributed by atoms with E-state index in [2.05, 4.69) is 43.7 Å². The smallest absolute Gasteiger partial charge is 0.180 e. The largest absolute Gasteiger partial charge is 0.490 e. The Bertz CT molecular complexity index is 1250. The molecule has 0 bridgehead atoms. The van der Waals surface area contributed by atoms with Crippen LogP contribution in [-0.2, 0) is 0 Å². The Morgan fingerprint density at radius 1 is 1.03 bits per heavy atom. The van der Waals surface area contributed by atoms with Gasteiger partial charge in [-0.15, -0.1) is 0 Å². The third-order valence-electron chi connectivity index (χ3n) is 6.02.